The highest BCUT2D eigenvalue weighted by Gasteiger charge is 2.18. The number of anilines is 1. The monoisotopic (exact) mass is 493 g/mol. The van der Waals surface area contributed by atoms with Crippen LogP contribution in [0.25, 0.3) is 0 Å². The Morgan fingerprint density at radius 1 is 1.11 bits per heavy atom. The molecule has 0 saturated carbocycles. The molecule has 4 rings (SSSR count). The summed E-state index contributed by atoms with van der Waals surface area (Å²) in [4.78, 5) is 27.7. The van der Waals surface area contributed by atoms with Crippen LogP contribution >= 0.6 is 11.3 Å². The molecule has 2 aromatic carbocycles. The summed E-state index contributed by atoms with van der Waals surface area (Å²) in [5.74, 6) is 0.243. The minimum atomic E-state index is -0.374. The fraction of sp³-hybridized carbons (Fsp3) is 0.385. The van der Waals surface area contributed by atoms with E-state index in [1.807, 2.05) is 31.2 Å². The molecule has 0 bridgehead atoms. The minimum absolute atomic E-state index is 0.155. The van der Waals surface area contributed by atoms with Gasteiger partial charge in [0.1, 0.15) is 12.4 Å². The van der Waals surface area contributed by atoms with Crippen molar-refractivity contribution in [2.45, 2.75) is 45.8 Å². The minimum Gasteiger partial charge on any atom is -0.486 e. The van der Waals surface area contributed by atoms with E-state index in [-0.39, 0.29) is 23.4 Å². The highest BCUT2D eigenvalue weighted by Crippen LogP contribution is 2.20. The first-order valence-corrected chi connectivity index (χ1v) is 12.8. The van der Waals surface area contributed by atoms with Crippen LogP contribution in [-0.2, 0) is 6.61 Å². The Morgan fingerprint density at radius 3 is 2.80 bits per heavy atom. The van der Waals surface area contributed by atoms with Crippen LogP contribution in [0.15, 0.2) is 48.5 Å². The fourth-order valence-corrected chi connectivity index (χ4v) is 4.74. The lowest BCUT2D eigenvalue weighted by Gasteiger charge is -2.33. The third-order valence-electron chi connectivity index (χ3n) is 6.11. The van der Waals surface area contributed by atoms with Gasteiger partial charge in [-0.25, -0.2) is 0 Å². The summed E-state index contributed by atoms with van der Waals surface area (Å²) in [6.07, 6.45) is 3.71. The molecule has 2 amide bonds. The van der Waals surface area contributed by atoms with E-state index < -0.39 is 0 Å². The van der Waals surface area contributed by atoms with Crippen LogP contribution in [0.1, 0.15) is 56.9 Å². The summed E-state index contributed by atoms with van der Waals surface area (Å²) < 4.78 is 5.78. The van der Waals surface area contributed by atoms with E-state index in [2.05, 4.69) is 32.7 Å². The molecule has 1 saturated heterocycles. The Labute approximate surface area is 209 Å². The first-order chi connectivity index (χ1) is 17.0. The molecule has 2 N–H and O–H groups in total. The van der Waals surface area contributed by atoms with Gasteiger partial charge in [0.15, 0.2) is 5.01 Å². The number of benzene rings is 2. The predicted octanol–water partition coefficient (Wildman–Crippen LogP) is 4.28. The number of carbonyl (C=O) groups excluding carboxylic acids is 2. The first kappa shape index (κ1) is 24.8. The predicted molar refractivity (Wildman–Crippen MR) is 137 cm³/mol. The van der Waals surface area contributed by atoms with Gasteiger partial charge in [0.25, 0.3) is 11.8 Å². The van der Waals surface area contributed by atoms with Gasteiger partial charge in [-0.05, 0) is 63.1 Å². The first-order valence-electron chi connectivity index (χ1n) is 11.9. The van der Waals surface area contributed by atoms with E-state index in [0.29, 0.717) is 28.8 Å². The molecule has 2 heterocycles. The molecular weight excluding hydrogens is 462 g/mol. The number of nitrogens with zero attached hydrogens (tertiary/aromatic N) is 3. The zero-order valence-electron chi connectivity index (χ0n) is 20.1. The average Bonchev–Trinajstić information content (AvgIpc) is 3.34. The van der Waals surface area contributed by atoms with E-state index in [0.717, 1.165) is 24.4 Å². The van der Waals surface area contributed by atoms with Crippen molar-refractivity contribution in [1.82, 2.24) is 20.4 Å². The van der Waals surface area contributed by atoms with Crippen LogP contribution in [0.2, 0.25) is 0 Å². The van der Waals surface area contributed by atoms with Gasteiger partial charge in [-0.1, -0.05) is 42.0 Å². The largest absolute Gasteiger partial charge is 0.486 e. The van der Waals surface area contributed by atoms with Crippen LogP contribution in [0.4, 0.5) is 5.69 Å². The Hall–Kier alpha value is -3.30. The molecule has 8 nitrogen and oxygen atoms in total. The maximum Gasteiger partial charge on any atom is 0.286 e. The zero-order chi connectivity index (χ0) is 24.6. The van der Waals surface area contributed by atoms with Crippen LogP contribution in [-0.4, -0.2) is 52.6 Å². The molecule has 0 radical (unpaired) electrons. The van der Waals surface area contributed by atoms with Crippen LogP contribution in [0, 0.1) is 6.92 Å². The Bertz CT molecular complexity index is 1170. The van der Waals surface area contributed by atoms with Crippen molar-refractivity contribution in [1.29, 1.82) is 0 Å². The van der Waals surface area contributed by atoms with Gasteiger partial charge in [-0.3, -0.25) is 14.5 Å². The lowest BCUT2D eigenvalue weighted by Crippen LogP contribution is -2.42. The lowest BCUT2D eigenvalue weighted by molar-refractivity contribution is 0.0937. The second kappa shape index (κ2) is 11.9. The SMILES string of the molecule is Cc1ccccc1OCc1nnc(C(=O)Nc2cccc(C(=O)NCCN3CCCC[C@H]3C)c2)s1. The van der Waals surface area contributed by atoms with Gasteiger partial charge in [0.2, 0.25) is 5.01 Å². The second-order valence-corrected chi connectivity index (χ2v) is 9.79. The highest BCUT2D eigenvalue weighted by molar-refractivity contribution is 7.13. The van der Waals surface area contributed by atoms with E-state index in [1.54, 1.807) is 24.3 Å². The molecule has 1 aliphatic rings. The maximum absolute atomic E-state index is 12.7. The molecule has 0 spiro atoms. The molecule has 1 aromatic heterocycles. The summed E-state index contributed by atoms with van der Waals surface area (Å²) in [6, 6.07) is 15.2. The number of hydrogen-bond acceptors (Lipinski definition) is 7. The summed E-state index contributed by atoms with van der Waals surface area (Å²) >= 11 is 1.18. The van der Waals surface area contributed by atoms with E-state index in [4.69, 9.17) is 4.74 Å². The van der Waals surface area contributed by atoms with Crippen LogP contribution < -0.4 is 15.4 Å². The van der Waals surface area contributed by atoms with Crippen molar-refractivity contribution in [3.8, 4) is 5.75 Å². The van der Waals surface area contributed by atoms with Crippen LogP contribution in [0.5, 0.6) is 5.75 Å². The number of nitrogens with one attached hydrogen (secondary N) is 2. The van der Waals surface area contributed by atoms with Gasteiger partial charge < -0.3 is 15.4 Å². The molecule has 0 aliphatic carbocycles. The van der Waals surface area contributed by atoms with Crippen molar-refractivity contribution in [3.63, 3.8) is 0 Å². The number of aryl methyl sites for hydroxylation is 1. The van der Waals surface area contributed by atoms with E-state index >= 15 is 0 Å². The number of piperidine rings is 1. The third kappa shape index (κ3) is 6.86. The van der Waals surface area contributed by atoms with Crippen molar-refractivity contribution < 1.29 is 14.3 Å². The molecule has 9 heteroatoms. The van der Waals surface area contributed by atoms with Gasteiger partial charge in [-0.15, -0.1) is 10.2 Å². The molecule has 1 fully saturated rings. The number of rotatable bonds is 9. The molecular formula is C26H31N5O3S. The summed E-state index contributed by atoms with van der Waals surface area (Å²) in [5.41, 5.74) is 2.05. The zero-order valence-corrected chi connectivity index (χ0v) is 20.9. The topological polar surface area (TPSA) is 96.5 Å². The second-order valence-electron chi connectivity index (χ2n) is 8.73. The Balaban J connectivity index is 1.28. The van der Waals surface area contributed by atoms with Crippen molar-refractivity contribution in [2.75, 3.05) is 25.0 Å². The summed E-state index contributed by atoms with van der Waals surface area (Å²) in [7, 11) is 0. The quantitative estimate of drug-likeness (QED) is 0.462. The number of carbonyl (C=O) groups is 2. The summed E-state index contributed by atoms with van der Waals surface area (Å²) in [5, 5.41) is 14.7. The van der Waals surface area contributed by atoms with Crippen molar-refractivity contribution in [3.05, 3.63) is 69.7 Å². The molecule has 35 heavy (non-hydrogen) atoms. The van der Waals surface area contributed by atoms with E-state index in [1.165, 1.54) is 30.6 Å². The van der Waals surface area contributed by atoms with Crippen molar-refractivity contribution in [2.24, 2.45) is 0 Å². The standard InChI is InChI=1S/C26H31N5O3S/c1-18-8-3-4-12-22(18)34-17-23-29-30-26(35-23)25(33)28-21-11-7-10-20(16-21)24(32)27-13-15-31-14-6-5-9-19(31)2/h3-4,7-8,10-12,16,19H,5-6,9,13-15,17H2,1-2H3,(H,27,32)(H,28,33)/t19-/m1/s1. The number of para-hydroxylation sites is 1. The molecule has 184 valence electrons. The Morgan fingerprint density at radius 2 is 1.97 bits per heavy atom. The van der Waals surface area contributed by atoms with Crippen molar-refractivity contribution >= 4 is 28.8 Å². The third-order valence-corrected chi connectivity index (χ3v) is 7.01. The molecule has 1 atom stereocenters. The smallest absolute Gasteiger partial charge is 0.286 e. The normalized spacial score (nSPS) is 16.0. The number of amides is 2. The Kier molecular flexibility index (Phi) is 8.44. The van der Waals surface area contributed by atoms with Gasteiger partial charge in [0, 0.05) is 30.4 Å². The van der Waals surface area contributed by atoms with Gasteiger partial charge in [-0.2, -0.15) is 0 Å². The molecule has 1 aliphatic heterocycles. The summed E-state index contributed by atoms with van der Waals surface area (Å²) in [6.45, 7) is 6.98. The molecule has 3 aromatic rings. The maximum atomic E-state index is 12.7. The van der Waals surface area contributed by atoms with Crippen LogP contribution in [0.3, 0.4) is 0 Å². The number of likely N-dealkylation sites (tertiary alicyclic amines) is 1. The fourth-order valence-electron chi connectivity index (χ4n) is 4.09. The highest BCUT2D eigenvalue weighted by atomic mass is 32.1. The number of ether oxygens (including phenoxy) is 1. The number of hydrogen-bond donors (Lipinski definition) is 2. The van der Waals surface area contributed by atoms with E-state index in [9.17, 15) is 9.59 Å². The molecule has 0 unspecified atom stereocenters. The van der Waals surface area contributed by atoms with Gasteiger partial charge in [0.05, 0.1) is 0 Å². The lowest BCUT2D eigenvalue weighted by atomic mass is 10.0. The van der Waals surface area contributed by atoms with Gasteiger partial charge >= 0.3 is 0 Å². The number of aromatic nitrogens is 2. The average molecular weight is 494 g/mol.